The number of rotatable bonds is 0. The summed E-state index contributed by atoms with van der Waals surface area (Å²) in [6, 6.07) is 0. The molecule has 1 heterocycles. The molecule has 2 heteroatoms. The molecule has 0 aromatic rings. The molecule has 2 aliphatic rings. The van der Waals surface area contributed by atoms with Gasteiger partial charge in [0.15, 0.2) is 0 Å². The van der Waals surface area contributed by atoms with Crippen LogP contribution in [0.5, 0.6) is 0 Å². The van der Waals surface area contributed by atoms with Crippen LogP contribution in [0.1, 0.15) is 13.8 Å². The molecule has 1 aliphatic heterocycles. The maximum atomic E-state index is 4.41. The van der Waals surface area contributed by atoms with Crippen molar-refractivity contribution in [3.05, 3.63) is 22.7 Å². The quantitative estimate of drug-likeness (QED) is 0.540. The molecule has 0 fully saturated rings. The summed E-state index contributed by atoms with van der Waals surface area (Å²) in [6.45, 7) is 4.48. The first kappa shape index (κ1) is 7.33. The van der Waals surface area contributed by atoms with Crippen molar-refractivity contribution in [2.75, 3.05) is 5.44 Å². The van der Waals surface area contributed by atoms with Crippen LogP contribution in [0.2, 0.25) is 0 Å². The van der Waals surface area contributed by atoms with E-state index in [0.29, 0.717) is 15.0 Å². The number of nitrogens with zero attached hydrogens (tertiary/aromatic N) is 1. The Morgan fingerprint density at radius 2 is 2.36 bits per heavy atom. The van der Waals surface area contributed by atoms with Gasteiger partial charge in [0.25, 0.3) is 0 Å². The molecule has 0 saturated carbocycles. The van der Waals surface area contributed by atoms with Gasteiger partial charge in [-0.15, -0.1) is 0 Å². The van der Waals surface area contributed by atoms with Crippen LogP contribution in [-0.2, 0) is 0 Å². The second-order valence-electron chi connectivity index (χ2n) is 3.48. The minimum absolute atomic E-state index is 0.264. The molecule has 1 aliphatic carbocycles. The third-order valence-electron chi connectivity index (χ3n) is 1.88. The molecule has 0 N–H and O–H groups in total. The molecule has 2 rings (SSSR count). The molecule has 0 saturated heterocycles. The third kappa shape index (κ3) is 1.33. The van der Waals surface area contributed by atoms with Gasteiger partial charge in [-0.1, -0.05) is 0 Å². The topological polar surface area (TPSA) is 12.4 Å². The zero-order chi connectivity index (χ0) is 7.90. The van der Waals surface area contributed by atoms with Crippen LogP contribution in [0.25, 0.3) is 0 Å². The first-order valence-corrected chi connectivity index (χ1v) is 5.84. The zero-order valence-electron chi connectivity index (χ0n) is 6.79. The first-order valence-electron chi connectivity index (χ1n) is 3.77. The summed E-state index contributed by atoms with van der Waals surface area (Å²) in [5.41, 5.74) is 2.55. The van der Waals surface area contributed by atoms with E-state index >= 15 is 0 Å². The predicted octanol–water partition coefficient (Wildman–Crippen LogP) is 1.58. The average molecular weight is 212 g/mol. The number of hydrogen-bond donors (Lipinski definition) is 0. The molecule has 0 atom stereocenters. The van der Waals surface area contributed by atoms with Crippen molar-refractivity contribution in [2.45, 2.75) is 13.8 Å². The summed E-state index contributed by atoms with van der Waals surface area (Å²) in [7, 11) is 0. The molecule has 58 valence electrons. The van der Waals surface area contributed by atoms with Crippen molar-refractivity contribution in [3.63, 3.8) is 0 Å². The number of allylic oxidation sites excluding steroid dienone is 4. The maximum absolute atomic E-state index is 4.41. The monoisotopic (exact) mass is 213 g/mol. The van der Waals surface area contributed by atoms with Gasteiger partial charge in [-0.3, -0.25) is 0 Å². The van der Waals surface area contributed by atoms with Crippen molar-refractivity contribution in [1.29, 1.82) is 0 Å². The molecular formula is C9H11NSe. The fourth-order valence-corrected chi connectivity index (χ4v) is 3.37. The van der Waals surface area contributed by atoms with E-state index < -0.39 is 0 Å². The Bertz CT molecular complexity index is 271. The summed E-state index contributed by atoms with van der Waals surface area (Å²) in [4.78, 5) is 4.41. The molecule has 0 aromatic carbocycles. The summed E-state index contributed by atoms with van der Waals surface area (Å²) in [6.07, 6.45) is 6.76. The van der Waals surface area contributed by atoms with Gasteiger partial charge in [0.1, 0.15) is 0 Å². The second-order valence-corrected chi connectivity index (χ2v) is 5.55. The summed E-state index contributed by atoms with van der Waals surface area (Å²) in [5, 5.41) is 0. The molecule has 1 nitrogen and oxygen atoms in total. The van der Waals surface area contributed by atoms with E-state index in [2.05, 4.69) is 37.1 Å². The van der Waals surface area contributed by atoms with Gasteiger partial charge < -0.3 is 0 Å². The van der Waals surface area contributed by atoms with Gasteiger partial charge in [-0.05, 0) is 0 Å². The number of hydrogen-bond acceptors (Lipinski definition) is 1. The number of fused-ring (bicyclic) bond motifs is 1. The van der Waals surface area contributed by atoms with Gasteiger partial charge in [0, 0.05) is 0 Å². The summed E-state index contributed by atoms with van der Waals surface area (Å²) >= 11 is 0.622. The molecule has 0 bridgehead atoms. The zero-order valence-corrected chi connectivity index (χ0v) is 8.51. The number of aliphatic imine (C=N–C) groups is 1. The molecule has 0 unspecified atom stereocenters. The molecule has 0 amide bonds. The van der Waals surface area contributed by atoms with Crippen LogP contribution < -0.4 is 0 Å². The van der Waals surface area contributed by atoms with E-state index in [1.54, 1.807) is 0 Å². The Kier molecular flexibility index (Phi) is 1.55. The van der Waals surface area contributed by atoms with Crippen LogP contribution in [0.3, 0.4) is 0 Å². The Hall–Kier alpha value is -0.331. The van der Waals surface area contributed by atoms with Crippen LogP contribution in [-0.4, -0.2) is 26.1 Å². The van der Waals surface area contributed by atoms with Crippen molar-refractivity contribution in [1.82, 2.24) is 0 Å². The SMILES string of the molecule is CC1(C)C=CC2=NC[Se]C2=C1. The fraction of sp³-hybridized carbons (Fsp3) is 0.444. The molecule has 0 spiro atoms. The third-order valence-corrected chi connectivity index (χ3v) is 3.76. The Morgan fingerprint density at radius 3 is 3.18 bits per heavy atom. The molecule has 11 heavy (non-hydrogen) atoms. The summed E-state index contributed by atoms with van der Waals surface area (Å²) in [5.74, 6) is 0. The Morgan fingerprint density at radius 1 is 1.55 bits per heavy atom. The standard InChI is InChI=1S/C9H11NSe/c1-9(2)4-3-7-8(5-9)11-6-10-7/h3-5H,6H2,1-2H3. The molecular weight excluding hydrogens is 201 g/mol. The van der Waals surface area contributed by atoms with Crippen molar-refractivity contribution >= 4 is 20.7 Å². The molecule has 0 aromatic heterocycles. The second kappa shape index (κ2) is 2.33. The van der Waals surface area contributed by atoms with E-state index in [-0.39, 0.29) is 5.41 Å². The fourth-order valence-electron chi connectivity index (χ4n) is 1.25. The molecule has 0 radical (unpaired) electrons. The first-order chi connectivity index (χ1) is 5.17. The van der Waals surface area contributed by atoms with Crippen molar-refractivity contribution in [3.8, 4) is 0 Å². The van der Waals surface area contributed by atoms with E-state index in [1.807, 2.05) is 0 Å². The van der Waals surface area contributed by atoms with Gasteiger partial charge >= 0.3 is 73.1 Å². The summed E-state index contributed by atoms with van der Waals surface area (Å²) < 4.78 is 1.50. The van der Waals surface area contributed by atoms with Crippen LogP contribution in [0.4, 0.5) is 0 Å². The van der Waals surface area contributed by atoms with Gasteiger partial charge in [0.05, 0.1) is 0 Å². The van der Waals surface area contributed by atoms with Gasteiger partial charge in [-0.25, -0.2) is 0 Å². The van der Waals surface area contributed by atoms with Gasteiger partial charge in [0.2, 0.25) is 0 Å². The van der Waals surface area contributed by atoms with Crippen LogP contribution in [0.15, 0.2) is 27.7 Å². The van der Waals surface area contributed by atoms with Crippen molar-refractivity contribution in [2.24, 2.45) is 10.4 Å². The van der Waals surface area contributed by atoms with E-state index in [0.717, 1.165) is 5.44 Å². The van der Waals surface area contributed by atoms with E-state index in [9.17, 15) is 0 Å². The minimum atomic E-state index is 0.264. The Balaban J connectivity index is 2.39. The predicted molar refractivity (Wildman–Crippen MR) is 49.1 cm³/mol. The van der Waals surface area contributed by atoms with Gasteiger partial charge in [-0.2, -0.15) is 0 Å². The average Bonchev–Trinajstić information content (AvgIpc) is 2.31. The van der Waals surface area contributed by atoms with Crippen molar-refractivity contribution < 1.29 is 0 Å². The van der Waals surface area contributed by atoms with E-state index in [1.165, 1.54) is 10.2 Å². The van der Waals surface area contributed by atoms with E-state index in [4.69, 9.17) is 0 Å². The van der Waals surface area contributed by atoms with Crippen LogP contribution >= 0.6 is 0 Å². The Labute approximate surface area is 73.4 Å². The normalized spacial score (nSPS) is 26.0. The van der Waals surface area contributed by atoms with Crippen LogP contribution in [0, 0.1) is 5.41 Å².